The first kappa shape index (κ1) is 18.9. The minimum Gasteiger partial charge on any atom is -0.411 e. The summed E-state index contributed by atoms with van der Waals surface area (Å²) in [5.74, 6) is 0.428. The molecule has 2 atom stereocenters. The Morgan fingerprint density at radius 1 is 1.20 bits per heavy atom. The molecular weight excluding hydrogens is 396 g/mol. The fourth-order valence-corrected chi connectivity index (χ4v) is 4.70. The van der Waals surface area contributed by atoms with Crippen LogP contribution < -0.4 is 5.32 Å². The number of aryl methyl sites for hydroxylation is 1. The molecule has 0 saturated carbocycles. The highest BCUT2D eigenvalue weighted by molar-refractivity contribution is 8.00. The lowest BCUT2D eigenvalue weighted by molar-refractivity contribution is -0.121. The number of carbonyl (C=O) groups excluding carboxylic acids is 1. The Balaban J connectivity index is 1.27. The summed E-state index contributed by atoms with van der Waals surface area (Å²) in [6.07, 6.45) is 4.99. The van der Waals surface area contributed by atoms with Gasteiger partial charge in [-0.1, -0.05) is 54.2 Å². The standard InChI is InChI=1S/C23H22N4O2S/c1-14(21(28)25-20-12-6-8-15-7-2-3-9-16(15)20)30-23-27-26-22(29-23)18-13-24-19-11-5-4-10-17(18)19/h2-5,7,9-11,13-14,20,24H,6,8,12H2,1H3,(H,25,28). The smallest absolute Gasteiger partial charge is 0.277 e. The van der Waals surface area contributed by atoms with Crippen LogP contribution in [0, 0.1) is 0 Å². The Hall–Kier alpha value is -3.06. The fourth-order valence-electron chi connectivity index (χ4n) is 4.01. The van der Waals surface area contributed by atoms with E-state index in [-0.39, 0.29) is 17.2 Å². The number of thioether (sulfide) groups is 1. The van der Waals surface area contributed by atoms with Gasteiger partial charge in [0, 0.05) is 17.1 Å². The molecule has 2 N–H and O–H groups in total. The number of aromatic nitrogens is 3. The van der Waals surface area contributed by atoms with Gasteiger partial charge in [-0.2, -0.15) is 0 Å². The van der Waals surface area contributed by atoms with Crippen molar-refractivity contribution in [2.24, 2.45) is 0 Å². The van der Waals surface area contributed by atoms with Gasteiger partial charge in [-0.05, 0) is 43.4 Å². The number of nitrogens with zero attached hydrogens (tertiary/aromatic N) is 2. The van der Waals surface area contributed by atoms with Gasteiger partial charge < -0.3 is 14.7 Å². The number of rotatable bonds is 5. The highest BCUT2D eigenvalue weighted by Gasteiger charge is 2.25. The summed E-state index contributed by atoms with van der Waals surface area (Å²) in [5.41, 5.74) is 4.43. The average molecular weight is 419 g/mol. The summed E-state index contributed by atoms with van der Waals surface area (Å²) >= 11 is 1.28. The van der Waals surface area contributed by atoms with Crippen LogP contribution in [0.2, 0.25) is 0 Å². The van der Waals surface area contributed by atoms with Crippen LogP contribution >= 0.6 is 11.8 Å². The second-order valence-corrected chi connectivity index (χ2v) is 8.83. The zero-order valence-corrected chi connectivity index (χ0v) is 17.4. The fraction of sp³-hybridized carbons (Fsp3) is 0.261. The molecule has 152 valence electrons. The van der Waals surface area contributed by atoms with Gasteiger partial charge in [-0.15, -0.1) is 10.2 Å². The summed E-state index contributed by atoms with van der Waals surface area (Å²) in [6.45, 7) is 1.87. The molecule has 1 aliphatic rings. The predicted octanol–water partition coefficient (Wildman–Crippen LogP) is 4.89. The van der Waals surface area contributed by atoms with Gasteiger partial charge in [-0.25, -0.2) is 0 Å². The highest BCUT2D eigenvalue weighted by Crippen LogP contribution is 2.32. The Bertz CT molecular complexity index is 1200. The number of fused-ring (bicyclic) bond motifs is 2. The first-order valence-corrected chi connectivity index (χ1v) is 11.0. The van der Waals surface area contributed by atoms with Crippen LogP contribution in [0.5, 0.6) is 0 Å². The van der Waals surface area contributed by atoms with E-state index in [4.69, 9.17) is 4.42 Å². The molecule has 1 aliphatic carbocycles. The molecule has 2 heterocycles. The third-order valence-electron chi connectivity index (χ3n) is 5.56. The third-order valence-corrected chi connectivity index (χ3v) is 6.49. The first-order chi connectivity index (χ1) is 14.7. The van der Waals surface area contributed by atoms with Crippen LogP contribution in [-0.4, -0.2) is 26.3 Å². The molecule has 2 unspecified atom stereocenters. The number of aromatic amines is 1. The molecule has 30 heavy (non-hydrogen) atoms. The largest absolute Gasteiger partial charge is 0.411 e. The number of hydrogen-bond acceptors (Lipinski definition) is 5. The third kappa shape index (κ3) is 3.61. The van der Waals surface area contributed by atoms with E-state index >= 15 is 0 Å². The molecule has 6 nitrogen and oxygen atoms in total. The van der Waals surface area contributed by atoms with Gasteiger partial charge in [0.2, 0.25) is 5.91 Å². The van der Waals surface area contributed by atoms with Gasteiger partial charge >= 0.3 is 0 Å². The van der Waals surface area contributed by atoms with Crippen molar-refractivity contribution in [1.82, 2.24) is 20.5 Å². The number of H-pyrrole nitrogens is 1. The molecule has 7 heteroatoms. The minimum absolute atomic E-state index is 0.0199. The van der Waals surface area contributed by atoms with E-state index in [1.54, 1.807) is 0 Å². The van der Waals surface area contributed by atoms with Crippen molar-refractivity contribution in [3.05, 3.63) is 65.9 Å². The van der Waals surface area contributed by atoms with E-state index in [0.717, 1.165) is 35.7 Å². The van der Waals surface area contributed by atoms with Gasteiger partial charge in [-0.3, -0.25) is 4.79 Å². The number of hydrogen-bond donors (Lipinski definition) is 2. The van der Waals surface area contributed by atoms with E-state index in [9.17, 15) is 4.79 Å². The lowest BCUT2D eigenvalue weighted by Gasteiger charge is -2.27. The zero-order chi connectivity index (χ0) is 20.5. The van der Waals surface area contributed by atoms with Crippen LogP contribution in [0.4, 0.5) is 0 Å². The normalized spacial score (nSPS) is 16.9. The summed E-state index contributed by atoms with van der Waals surface area (Å²) in [4.78, 5) is 16.0. The number of benzene rings is 2. The molecule has 4 aromatic rings. The predicted molar refractivity (Wildman–Crippen MR) is 117 cm³/mol. The van der Waals surface area contributed by atoms with Crippen molar-refractivity contribution < 1.29 is 9.21 Å². The maximum absolute atomic E-state index is 12.8. The molecule has 1 amide bonds. The minimum atomic E-state index is -0.338. The van der Waals surface area contributed by atoms with Gasteiger partial charge in [0.1, 0.15) is 0 Å². The van der Waals surface area contributed by atoms with Crippen molar-refractivity contribution in [1.29, 1.82) is 0 Å². The summed E-state index contributed by atoms with van der Waals surface area (Å²) in [7, 11) is 0. The quantitative estimate of drug-likeness (QED) is 0.451. The molecule has 0 spiro atoms. The zero-order valence-electron chi connectivity index (χ0n) is 16.6. The average Bonchev–Trinajstić information content (AvgIpc) is 3.40. The lowest BCUT2D eigenvalue weighted by Crippen LogP contribution is -2.35. The maximum atomic E-state index is 12.8. The monoisotopic (exact) mass is 418 g/mol. The van der Waals surface area contributed by atoms with Gasteiger partial charge in [0.15, 0.2) is 0 Å². The molecule has 0 bridgehead atoms. The summed E-state index contributed by atoms with van der Waals surface area (Å²) < 4.78 is 5.84. The molecule has 0 radical (unpaired) electrons. The second-order valence-electron chi connectivity index (χ2n) is 7.53. The molecule has 0 saturated heterocycles. The Labute approximate surface area is 178 Å². The Morgan fingerprint density at radius 2 is 2.03 bits per heavy atom. The van der Waals surface area contributed by atoms with Gasteiger partial charge in [0.25, 0.3) is 11.1 Å². The highest BCUT2D eigenvalue weighted by atomic mass is 32.2. The molecular formula is C23H22N4O2S. The van der Waals surface area contributed by atoms with Crippen molar-refractivity contribution in [2.75, 3.05) is 0 Å². The number of carbonyl (C=O) groups is 1. The Morgan fingerprint density at radius 3 is 2.97 bits per heavy atom. The first-order valence-electron chi connectivity index (χ1n) is 10.1. The van der Waals surface area contributed by atoms with Crippen LogP contribution in [0.25, 0.3) is 22.4 Å². The van der Waals surface area contributed by atoms with Crippen LogP contribution in [0.1, 0.15) is 36.9 Å². The molecule has 2 aromatic carbocycles. The molecule has 0 aliphatic heterocycles. The SMILES string of the molecule is CC(Sc1nnc(-c2c[nH]c3ccccc23)o1)C(=O)NC1CCCc2ccccc21. The van der Waals surface area contributed by atoms with Gasteiger partial charge in [0.05, 0.1) is 16.9 Å². The number of amides is 1. The maximum Gasteiger partial charge on any atom is 0.277 e. The molecule has 0 fully saturated rings. The van der Waals surface area contributed by atoms with E-state index in [1.165, 1.54) is 22.9 Å². The molecule has 2 aromatic heterocycles. The van der Waals surface area contributed by atoms with Crippen molar-refractivity contribution >= 4 is 28.6 Å². The molecule has 5 rings (SSSR count). The second kappa shape index (κ2) is 7.99. The van der Waals surface area contributed by atoms with Crippen LogP contribution in [0.3, 0.4) is 0 Å². The van der Waals surface area contributed by atoms with E-state index in [0.29, 0.717) is 11.1 Å². The number of nitrogens with one attached hydrogen (secondary N) is 2. The van der Waals surface area contributed by atoms with Crippen molar-refractivity contribution in [2.45, 2.75) is 42.7 Å². The topological polar surface area (TPSA) is 83.8 Å². The van der Waals surface area contributed by atoms with Crippen LogP contribution in [0.15, 0.2) is 64.4 Å². The van der Waals surface area contributed by atoms with Crippen LogP contribution in [-0.2, 0) is 11.2 Å². The van der Waals surface area contributed by atoms with E-state index < -0.39 is 0 Å². The summed E-state index contributed by atoms with van der Waals surface area (Å²) in [5, 5.41) is 12.6. The van der Waals surface area contributed by atoms with Crippen molar-refractivity contribution in [3.63, 3.8) is 0 Å². The number of para-hydroxylation sites is 1. The van der Waals surface area contributed by atoms with E-state index in [1.807, 2.05) is 43.5 Å². The van der Waals surface area contributed by atoms with E-state index in [2.05, 4.69) is 38.7 Å². The summed E-state index contributed by atoms with van der Waals surface area (Å²) in [6, 6.07) is 16.4. The lowest BCUT2D eigenvalue weighted by atomic mass is 9.88. The van der Waals surface area contributed by atoms with Crippen molar-refractivity contribution in [3.8, 4) is 11.5 Å². The Kier molecular flexibility index (Phi) is 5.04.